The molecule has 2 amide bonds. The molecule has 0 spiro atoms. The number of carbonyl (C=O) groups is 2. The largest absolute Gasteiger partial charge is 0.352 e. The Kier molecular flexibility index (Phi) is 4.20. The molecule has 3 fully saturated rings. The summed E-state index contributed by atoms with van der Waals surface area (Å²) in [5, 5.41) is 7.27. The molecule has 0 bridgehead atoms. The van der Waals surface area contributed by atoms with Gasteiger partial charge in [-0.3, -0.25) is 14.6 Å². The first-order valence-corrected chi connectivity index (χ1v) is 10.2. The van der Waals surface area contributed by atoms with Crippen LogP contribution in [0, 0.1) is 5.92 Å². The van der Waals surface area contributed by atoms with Gasteiger partial charge in [0.1, 0.15) is 0 Å². The summed E-state index contributed by atoms with van der Waals surface area (Å²) in [6, 6.07) is 20.5. The number of rotatable bonds is 4. The van der Waals surface area contributed by atoms with Crippen LogP contribution in [0.15, 0.2) is 60.7 Å². The zero-order chi connectivity index (χ0) is 19.1. The summed E-state index contributed by atoms with van der Waals surface area (Å²) in [6.45, 7) is 0.989. The van der Waals surface area contributed by atoms with Gasteiger partial charge in [-0.05, 0) is 30.4 Å². The molecule has 2 aromatic carbocycles. The standard InChI is InChI=1S/C23H25N3O2/c27-21-14-19-12-7-13-23(18-10-5-2-6-11-18)20(16-25(21)26(19)23)22(28)24-15-17-8-3-1-4-9-17/h1-6,8-11,19-20H,7,12-16H2,(H,24,28)/t19-,20+,23+/m0/s1. The summed E-state index contributed by atoms with van der Waals surface area (Å²) in [6.07, 6.45) is 3.54. The molecule has 2 aromatic rings. The number of hydrogen-bond donors (Lipinski definition) is 1. The number of carbonyl (C=O) groups excluding carboxylic acids is 2. The zero-order valence-electron chi connectivity index (χ0n) is 15.9. The predicted octanol–water partition coefficient (Wildman–Crippen LogP) is 2.83. The van der Waals surface area contributed by atoms with E-state index in [1.807, 2.05) is 53.5 Å². The van der Waals surface area contributed by atoms with Crippen molar-refractivity contribution in [1.82, 2.24) is 15.3 Å². The molecule has 3 aliphatic rings. The zero-order valence-corrected chi connectivity index (χ0v) is 15.9. The Balaban J connectivity index is 1.49. The van der Waals surface area contributed by atoms with Gasteiger partial charge in [0.05, 0.1) is 18.0 Å². The van der Waals surface area contributed by atoms with E-state index in [0.29, 0.717) is 19.5 Å². The number of piperidine rings is 1. The van der Waals surface area contributed by atoms with Gasteiger partial charge in [0, 0.05) is 19.0 Å². The van der Waals surface area contributed by atoms with Crippen LogP contribution >= 0.6 is 0 Å². The first-order valence-electron chi connectivity index (χ1n) is 10.2. The highest BCUT2D eigenvalue weighted by Gasteiger charge is 2.63. The third kappa shape index (κ3) is 2.57. The van der Waals surface area contributed by atoms with Gasteiger partial charge >= 0.3 is 0 Å². The topological polar surface area (TPSA) is 52.7 Å². The molecule has 28 heavy (non-hydrogen) atoms. The normalized spacial score (nSPS) is 29.0. The van der Waals surface area contributed by atoms with Gasteiger partial charge in [-0.2, -0.15) is 0 Å². The second-order valence-electron chi connectivity index (χ2n) is 8.12. The lowest BCUT2D eigenvalue weighted by Gasteiger charge is -2.47. The van der Waals surface area contributed by atoms with Gasteiger partial charge in [0.2, 0.25) is 11.8 Å². The number of hydrogen-bond acceptors (Lipinski definition) is 3. The lowest BCUT2D eigenvalue weighted by atomic mass is 9.71. The molecule has 5 rings (SSSR count). The average Bonchev–Trinajstić information content (AvgIpc) is 3.27. The molecular formula is C23H25N3O2. The number of benzene rings is 2. The second kappa shape index (κ2) is 6.74. The summed E-state index contributed by atoms with van der Waals surface area (Å²) in [5.74, 6) is -0.0632. The van der Waals surface area contributed by atoms with Crippen LogP contribution in [0.4, 0.5) is 0 Å². The molecule has 0 aromatic heterocycles. The minimum atomic E-state index is -0.420. The van der Waals surface area contributed by atoms with E-state index in [0.717, 1.165) is 30.4 Å². The molecule has 5 nitrogen and oxygen atoms in total. The smallest absolute Gasteiger partial charge is 0.238 e. The van der Waals surface area contributed by atoms with Crippen LogP contribution in [0.1, 0.15) is 36.8 Å². The summed E-state index contributed by atoms with van der Waals surface area (Å²) in [4.78, 5) is 26.0. The van der Waals surface area contributed by atoms with Crippen molar-refractivity contribution < 1.29 is 9.59 Å². The van der Waals surface area contributed by atoms with Crippen LogP contribution < -0.4 is 5.32 Å². The number of hydrazine groups is 1. The van der Waals surface area contributed by atoms with Crippen molar-refractivity contribution in [3.05, 3.63) is 71.8 Å². The third-order valence-corrected chi connectivity index (χ3v) is 6.64. The predicted molar refractivity (Wildman–Crippen MR) is 106 cm³/mol. The fourth-order valence-electron chi connectivity index (χ4n) is 5.46. The molecule has 0 saturated carbocycles. The molecule has 1 N–H and O–H groups in total. The molecule has 5 heteroatoms. The van der Waals surface area contributed by atoms with Gasteiger partial charge in [-0.15, -0.1) is 0 Å². The third-order valence-electron chi connectivity index (χ3n) is 6.64. The van der Waals surface area contributed by atoms with E-state index < -0.39 is 5.54 Å². The first kappa shape index (κ1) is 17.4. The Labute approximate surface area is 165 Å². The highest BCUT2D eigenvalue weighted by Crippen LogP contribution is 2.54. The quantitative estimate of drug-likeness (QED) is 0.894. The SMILES string of the molecule is O=C(NCc1ccccc1)[C@H]1CN2C(=O)C[C@@H]3CCC[C@]1(c1ccccc1)N32. The van der Waals surface area contributed by atoms with Crippen molar-refractivity contribution in [3.63, 3.8) is 0 Å². The average molecular weight is 375 g/mol. The lowest BCUT2D eigenvalue weighted by Crippen LogP contribution is -2.55. The van der Waals surface area contributed by atoms with Crippen molar-refractivity contribution in [3.8, 4) is 0 Å². The minimum absolute atomic E-state index is 0.0376. The van der Waals surface area contributed by atoms with Crippen molar-refractivity contribution in [2.24, 2.45) is 5.92 Å². The van der Waals surface area contributed by atoms with Crippen molar-refractivity contribution in [2.75, 3.05) is 6.54 Å². The monoisotopic (exact) mass is 375 g/mol. The first-order chi connectivity index (χ1) is 13.7. The van der Waals surface area contributed by atoms with E-state index in [4.69, 9.17) is 0 Å². The van der Waals surface area contributed by atoms with E-state index in [-0.39, 0.29) is 23.8 Å². The molecule has 144 valence electrons. The summed E-state index contributed by atoms with van der Waals surface area (Å²) >= 11 is 0. The van der Waals surface area contributed by atoms with E-state index in [2.05, 4.69) is 22.5 Å². The van der Waals surface area contributed by atoms with E-state index in [9.17, 15) is 9.59 Å². The fraction of sp³-hybridized carbons (Fsp3) is 0.391. The molecular weight excluding hydrogens is 350 g/mol. The van der Waals surface area contributed by atoms with Crippen LogP contribution in [-0.2, 0) is 21.7 Å². The number of nitrogens with one attached hydrogen (secondary N) is 1. The lowest BCUT2D eigenvalue weighted by molar-refractivity contribution is -0.143. The van der Waals surface area contributed by atoms with E-state index >= 15 is 0 Å². The van der Waals surface area contributed by atoms with Crippen LogP contribution in [0.5, 0.6) is 0 Å². The Bertz CT molecular complexity index is 885. The Morgan fingerprint density at radius 3 is 2.54 bits per heavy atom. The summed E-state index contributed by atoms with van der Waals surface area (Å²) in [7, 11) is 0. The van der Waals surface area contributed by atoms with Crippen molar-refractivity contribution >= 4 is 11.8 Å². The van der Waals surface area contributed by atoms with Crippen LogP contribution in [0.3, 0.4) is 0 Å². The highest BCUT2D eigenvalue weighted by atomic mass is 16.2. The van der Waals surface area contributed by atoms with Gasteiger partial charge < -0.3 is 5.32 Å². The molecule has 3 saturated heterocycles. The fourth-order valence-corrected chi connectivity index (χ4v) is 5.46. The number of amides is 2. The molecule has 3 aliphatic heterocycles. The highest BCUT2D eigenvalue weighted by molar-refractivity contribution is 5.85. The molecule has 0 unspecified atom stereocenters. The summed E-state index contributed by atoms with van der Waals surface area (Å²) in [5.41, 5.74) is 1.81. The van der Waals surface area contributed by atoms with Gasteiger partial charge in [-0.25, -0.2) is 5.01 Å². The number of nitrogens with zero attached hydrogens (tertiary/aromatic N) is 2. The minimum Gasteiger partial charge on any atom is -0.352 e. The van der Waals surface area contributed by atoms with Crippen molar-refractivity contribution in [1.29, 1.82) is 0 Å². The molecule has 3 atom stereocenters. The van der Waals surface area contributed by atoms with Crippen molar-refractivity contribution in [2.45, 2.75) is 43.8 Å². The van der Waals surface area contributed by atoms with Crippen LogP contribution in [0.25, 0.3) is 0 Å². The van der Waals surface area contributed by atoms with Gasteiger partial charge in [0.15, 0.2) is 0 Å². The second-order valence-corrected chi connectivity index (χ2v) is 8.12. The van der Waals surface area contributed by atoms with Crippen LogP contribution in [0.2, 0.25) is 0 Å². The van der Waals surface area contributed by atoms with Gasteiger partial charge in [0.25, 0.3) is 0 Å². The molecule has 0 radical (unpaired) electrons. The molecule has 3 heterocycles. The Morgan fingerprint density at radius 2 is 1.79 bits per heavy atom. The van der Waals surface area contributed by atoms with E-state index in [1.54, 1.807) is 0 Å². The Hall–Kier alpha value is -2.66. The summed E-state index contributed by atoms with van der Waals surface area (Å²) < 4.78 is 0. The van der Waals surface area contributed by atoms with Gasteiger partial charge in [-0.1, -0.05) is 60.7 Å². The molecule has 0 aliphatic carbocycles. The Morgan fingerprint density at radius 1 is 1.07 bits per heavy atom. The van der Waals surface area contributed by atoms with E-state index in [1.165, 1.54) is 0 Å². The maximum absolute atomic E-state index is 13.4. The maximum Gasteiger partial charge on any atom is 0.238 e. The van der Waals surface area contributed by atoms with Crippen LogP contribution in [-0.4, -0.2) is 34.4 Å². The maximum atomic E-state index is 13.4.